The van der Waals surface area contributed by atoms with E-state index in [0.29, 0.717) is 52.0 Å². The highest BCUT2D eigenvalue weighted by atomic mass is 19.1. The molecule has 4 rings (SSSR count). The van der Waals surface area contributed by atoms with E-state index in [1.165, 1.54) is 29.2 Å². The summed E-state index contributed by atoms with van der Waals surface area (Å²) >= 11 is 0. The van der Waals surface area contributed by atoms with Gasteiger partial charge in [-0.15, -0.1) is 0 Å². The molecule has 2 fully saturated rings. The zero-order valence-electron chi connectivity index (χ0n) is 21.8. The van der Waals surface area contributed by atoms with Crippen LogP contribution >= 0.6 is 0 Å². The molecule has 2 amide bonds. The van der Waals surface area contributed by atoms with E-state index in [1.807, 2.05) is 6.92 Å². The largest absolute Gasteiger partial charge is 0.338 e. The van der Waals surface area contributed by atoms with Crippen LogP contribution in [-0.4, -0.2) is 71.1 Å². The van der Waals surface area contributed by atoms with Gasteiger partial charge in [-0.25, -0.2) is 8.78 Å². The molecule has 0 radical (unpaired) electrons. The predicted molar refractivity (Wildman–Crippen MR) is 137 cm³/mol. The molecular weight excluding hydrogens is 476 g/mol. The third-order valence-corrected chi connectivity index (χ3v) is 7.85. The molecule has 0 aromatic heterocycles. The van der Waals surface area contributed by atoms with Crippen LogP contribution in [0.1, 0.15) is 57.2 Å². The van der Waals surface area contributed by atoms with Crippen LogP contribution in [0.15, 0.2) is 48.5 Å². The van der Waals surface area contributed by atoms with Gasteiger partial charge in [-0.3, -0.25) is 19.3 Å². The van der Waals surface area contributed by atoms with Crippen LogP contribution in [0.3, 0.4) is 0 Å². The van der Waals surface area contributed by atoms with Gasteiger partial charge in [-0.2, -0.15) is 0 Å². The van der Waals surface area contributed by atoms with Crippen LogP contribution in [0.25, 0.3) is 0 Å². The number of nitrogens with zero attached hydrogens (tertiary/aromatic N) is 3. The summed E-state index contributed by atoms with van der Waals surface area (Å²) in [5.74, 6) is -1.77. The van der Waals surface area contributed by atoms with Crippen LogP contribution in [-0.2, 0) is 14.4 Å². The molecule has 1 atom stereocenters. The van der Waals surface area contributed by atoms with Crippen molar-refractivity contribution in [3.63, 3.8) is 0 Å². The summed E-state index contributed by atoms with van der Waals surface area (Å²) in [5.41, 5.74) is 1.02. The van der Waals surface area contributed by atoms with E-state index in [2.05, 4.69) is 4.90 Å². The maximum Gasteiger partial charge on any atom is 0.291 e. The first-order chi connectivity index (χ1) is 17.6. The second-order valence-electron chi connectivity index (χ2n) is 10.6. The van der Waals surface area contributed by atoms with Crippen molar-refractivity contribution in [1.82, 2.24) is 14.7 Å². The first-order valence-corrected chi connectivity index (χ1v) is 13.0. The number of piperazine rings is 1. The molecular formula is C29H35F2N3O3. The van der Waals surface area contributed by atoms with Gasteiger partial charge in [0.25, 0.3) is 5.91 Å². The third kappa shape index (κ3) is 5.74. The lowest BCUT2D eigenvalue weighted by Gasteiger charge is -2.41. The van der Waals surface area contributed by atoms with Gasteiger partial charge >= 0.3 is 0 Å². The minimum Gasteiger partial charge on any atom is -0.338 e. The summed E-state index contributed by atoms with van der Waals surface area (Å²) in [4.78, 5) is 44.7. The average molecular weight is 512 g/mol. The van der Waals surface area contributed by atoms with Gasteiger partial charge < -0.3 is 9.80 Å². The number of Topliss-reactive ketones (excluding diaryl/α,β-unsaturated/α-hetero) is 1. The molecule has 6 nitrogen and oxygen atoms in total. The SMILES string of the molecule is CCC(C)(C)C(=O)C(=O)N1CCC[C@H]1C(=O)N1CCN(C(c2ccc(F)cc2)c2ccc(F)cc2)CC1. The summed E-state index contributed by atoms with van der Waals surface area (Å²) in [6.07, 6.45) is 1.80. The Balaban J connectivity index is 1.46. The van der Waals surface area contributed by atoms with Gasteiger partial charge in [0, 0.05) is 38.1 Å². The van der Waals surface area contributed by atoms with Crippen LogP contribution < -0.4 is 0 Å². The van der Waals surface area contributed by atoms with Gasteiger partial charge in [-0.1, -0.05) is 45.0 Å². The van der Waals surface area contributed by atoms with Crippen molar-refractivity contribution in [3.05, 3.63) is 71.3 Å². The monoisotopic (exact) mass is 511 g/mol. The molecule has 0 unspecified atom stereocenters. The fourth-order valence-corrected chi connectivity index (χ4v) is 5.16. The second kappa shape index (κ2) is 11.1. The Kier molecular flexibility index (Phi) is 8.07. The molecule has 0 saturated carbocycles. The number of likely N-dealkylation sites (tertiary alicyclic amines) is 1. The fraction of sp³-hybridized carbons (Fsp3) is 0.483. The van der Waals surface area contributed by atoms with E-state index in [4.69, 9.17) is 0 Å². The Morgan fingerprint density at radius 1 is 0.865 bits per heavy atom. The number of hydrogen-bond acceptors (Lipinski definition) is 4. The molecule has 0 aliphatic carbocycles. The Morgan fingerprint density at radius 3 is 1.86 bits per heavy atom. The van der Waals surface area contributed by atoms with E-state index in [0.717, 1.165) is 11.1 Å². The Hall–Kier alpha value is -3.13. The second-order valence-corrected chi connectivity index (χ2v) is 10.6. The lowest BCUT2D eigenvalue weighted by atomic mass is 9.84. The molecule has 37 heavy (non-hydrogen) atoms. The summed E-state index contributed by atoms with van der Waals surface area (Å²) in [6, 6.07) is 11.8. The molecule has 2 aliphatic heterocycles. The molecule has 198 valence electrons. The molecule has 0 spiro atoms. The number of carbonyl (C=O) groups is 3. The topological polar surface area (TPSA) is 60.9 Å². The van der Waals surface area contributed by atoms with Gasteiger partial charge in [-0.05, 0) is 54.7 Å². The standard InChI is InChI=1S/C29H35F2N3O3/c1-4-29(2,3)26(35)28(37)34-15-5-6-24(34)27(36)33-18-16-32(17-19-33)25(20-7-11-22(30)12-8-20)21-9-13-23(31)14-10-21/h7-14,24-25H,4-6,15-19H2,1-3H3/t24-/m0/s1. The minimum absolute atomic E-state index is 0.118. The van der Waals surface area contributed by atoms with Gasteiger partial charge in [0.1, 0.15) is 17.7 Å². The lowest BCUT2D eigenvalue weighted by molar-refractivity contribution is -0.153. The first kappa shape index (κ1) is 26.9. The predicted octanol–water partition coefficient (Wildman–Crippen LogP) is 4.19. The van der Waals surface area contributed by atoms with Crippen molar-refractivity contribution in [2.45, 2.75) is 52.1 Å². The van der Waals surface area contributed by atoms with Gasteiger partial charge in [0.05, 0.1) is 6.04 Å². The lowest BCUT2D eigenvalue weighted by Crippen LogP contribution is -2.56. The van der Waals surface area contributed by atoms with Crippen molar-refractivity contribution < 1.29 is 23.2 Å². The number of carbonyl (C=O) groups excluding carboxylic acids is 3. The Bertz CT molecular complexity index is 1080. The van der Waals surface area contributed by atoms with E-state index in [1.54, 1.807) is 43.0 Å². The van der Waals surface area contributed by atoms with Crippen LogP contribution in [0.4, 0.5) is 8.78 Å². The van der Waals surface area contributed by atoms with Crippen molar-refractivity contribution in [1.29, 1.82) is 0 Å². The smallest absolute Gasteiger partial charge is 0.291 e. The van der Waals surface area contributed by atoms with Crippen molar-refractivity contribution in [2.24, 2.45) is 5.41 Å². The van der Waals surface area contributed by atoms with Crippen LogP contribution in [0.5, 0.6) is 0 Å². The summed E-state index contributed by atoms with van der Waals surface area (Å²) < 4.78 is 27.2. The molecule has 0 N–H and O–H groups in total. The zero-order valence-corrected chi connectivity index (χ0v) is 21.8. The molecule has 0 bridgehead atoms. The molecule has 2 aliphatic rings. The number of ketones is 1. The van der Waals surface area contributed by atoms with E-state index >= 15 is 0 Å². The molecule has 8 heteroatoms. The maximum atomic E-state index is 13.6. The number of benzene rings is 2. The van der Waals surface area contributed by atoms with E-state index < -0.39 is 23.1 Å². The number of amides is 2. The first-order valence-electron chi connectivity index (χ1n) is 13.0. The quantitative estimate of drug-likeness (QED) is 0.523. The normalized spacial score (nSPS) is 18.9. The summed E-state index contributed by atoms with van der Waals surface area (Å²) in [7, 11) is 0. The summed E-state index contributed by atoms with van der Waals surface area (Å²) in [6.45, 7) is 7.87. The third-order valence-electron chi connectivity index (χ3n) is 7.85. The number of rotatable bonds is 7. The molecule has 2 aromatic carbocycles. The maximum absolute atomic E-state index is 13.6. The summed E-state index contributed by atoms with van der Waals surface area (Å²) in [5, 5.41) is 0. The highest BCUT2D eigenvalue weighted by Gasteiger charge is 2.43. The molecule has 2 heterocycles. The fourth-order valence-electron chi connectivity index (χ4n) is 5.16. The van der Waals surface area contributed by atoms with Crippen molar-refractivity contribution in [3.8, 4) is 0 Å². The van der Waals surface area contributed by atoms with Crippen LogP contribution in [0.2, 0.25) is 0 Å². The zero-order chi connectivity index (χ0) is 26.7. The highest BCUT2D eigenvalue weighted by Crippen LogP contribution is 2.31. The average Bonchev–Trinajstić information content (AvgIpc) is 3.40. The van der Waals surface area contributed by atoms with Crippen molar-refractivity contribution >= 4 is 17.6 Å². The molecule has 2 saturated heterocycles. The van der Waals surface area contributed by atoms with Crippen LogP contribution in [0, 0.1) is 17.0 Å². The highest BCUT2D eigenvalue weighted by molar-refractivity contribution is 6.38. The van der Waals surface area contributed by atoms with Gasteiger partial charge in [0.2, 0.25) is 11.7 Å². The van der Waals surface area contributed by atoms with Crippen molar-refractivity contribution in [2.75, 3.05) is 32.7 Å². The molecule has 2 aromatic rings. The number of halogens is 2. The number of hydrogen-bond donors (Lipinski definition) is 0. The van der Waals surface area contributed by atoms with Gasteiger partial charge in [0.15, 0.2) is 0 Å². The Morgan fingerprint density at radius 2 is 1.38 bits per heavy atom. The minimum atomic E-state index is -0.755. The van der Waals surface area contributed by atoms with E-state index in [-0.39, 0.29) is 23.6 Å². The van der Waals surface area contributed by atoms with E-state index in [9.17, 15) is 23.2 Å². The Labute approximate surface area is 217 Å².